The molecule has 1 heterocycles. The molecule has 15 heavy (non-hydrogen) atoms. The maximum atomic E-state index is 11.5. The van der Waals surface area contributed by atoms with E-state index in [-0.39, 0.29) is 11.9 Å². The van der Waals surface area contributed by atoms with Gasteiger partial charge in [-0.1, -0.05) is 0 Å². The van der Waals surface area contributed by atoms with Crippen molar-refractivity contribution < 1.29 is 14.3 Å². The van der Waals surface area contributed by atoms with Gasteiger partial charge < -0.3 is 10.1 Å². The third kappa shape index (κ3) is 4.29. The minimum atomic E-state index is -0.679. The molecule has 1 aliphatic rings. The molecule has 0 aromatic heterocycles. The minimum absolute atomic E-state index is 0.252. The molecule has 1 fully saturated rings. The lowest BCUT2D eigenvalue weighted by molar-refractivity contribution is -0.122. The Kier molecular flexibility index (Phi) is 3.68. The molecule has 1 rings (SSSR count). The van der Waals surface area contributed by atoms with Crippen molar-refractivity contribution in [1.82, 2.24) is 10.6 Å². The fraction of sp³-hybridized carbons (Fsp3) is 0.800. The highest BCUT2D eigenvalue weighted by atomic mass is 16.6. The van der Waals surface area contributed by atoms with Crippen molar-refractivity contribution in [2.75, 3.05) is 6.54 Å². The van der Waals surface area contributed by atoms with Crippen LogP contribution in [0.1, 0.15) is 33.6 Å². The topological polar surface area (TPSA) is 67.4 Å². The Morgan fingerprint density at radius 3 is 2.53 bits per heavy atom. The number of imide groups is 1. The molecule has 0 radical (unpaired) electrons. The smallest absolute Gasteiger partial charge is 0.414 e. The number of carbonyl (C=O) groups excluding carboxylic acids is 2. The van der Waals surface area contributed by atoms with Crippen LogP contribution >= 0.6 is 0 Å². The first-order valence-corrected chi connectivity index (χ1v) is 5.16. The van der Waals surface area contributed by atoms with E-state index in [0.29, 0.717) is 0 Å². The van der Waals surface area contributed by atoms with Gasteiger partial charge >= 0.3 is 6.09 Å². The average molecular weight is 214 g/mol. The zero-order valence-corrected chi connectivity index (χ0v) is 9.42. The van der Waals surface area contributed by atoms with Crippen LogP contribution in [0.25, 0.3) is 0 Å². The van der Waals surface area contributed by atoms with E-state index in [1.165, 1.54) is 0 Å². The van der Waals surface area contributed by atoms with E-state index in [2.05, 4.69) is 10.6 Å². The van der Waals surface area contributed by atoms with E-state index in [4.69, 9.17) is 4.74 Å². The molecule has 5 heteroatoms. The lowest BCUT2D eigenvalue weighted by Crippen LogP contribution is -2.45. The van der Waals surface area contributed by atoms with Gasteiger partial charge in [-0.25, -0.2) is 4.79 Å². The number of amides is 2. The molecule has 2 N–H and O–H groups in total. The van der Waals surface area contributed by atoms with Gasteiger partial charge in [-0.15, -0.1) is 0 Å². The molecule has 1 unspecified atom stereocenters. The quantitative estimate of drug-likeness (QED) is 0.677. The van der Waals surface area contributed by atoms with Crippen LogP contribution in [-0.4, -0.2) is 30.2 Å². The second-order valence-electron chi connectivity index (χ2n) is 4.64. The largest absolute Gasteiger partial charge is 0.444 e. The molecule has 86 valence electrons. The lowest BCUT2D eigenvalue weighted by Gasteiger charge is -2.20. The number of nitrogens with one attached hydrogen (secondary N) is 2. The highest BCUT2D eigenvalue weighted by Gasteiger charge is 2.25. The van der Waals surface area contributed by atoms with Crippen molar-refractivity contribution >= 4 is 12.0 Å². The molecular formula is C10H18N2O3. The van der Waals surface area contributed by atoms with Gasteiger partial charge in [0.2, 0.25) is 5.91 Å². The Morgan fingerprint density at radius 1 is 1.40 bits per heavy atom. The SMILES string of the molecule is CC(C)(C)OC(=O)NC(=O)C1CCCN1. The maximum absolute atomic E-state index is 11.5. The fourth-order valence-corrected chi connectivity index (χ4v) is 1.40. The van der Waals surface area contributed by atoms with Crippen LogP contribution in [0.5, 0.6) is 0 Å². The van der Waals surface area contributed by atoms with Gasteiger partial charge in [0.15, 0.2) is 0 Å². The van der Waals surface area contributed by atoms with Gasteiger partial charge in [-0.2, -0.15) is 0 Å². The lowest BCUT2D eigenvalue weighted by atomic mass is 10.2. The Labute approximate surface area is 89.6 Å². The molecule has 1 aliphatic heterocycles. The Morgan fingerprint density at radius 2 is 2.07 bits per heavy atom. The van der Waals surface area contributed by atoms with Gasteiger partial charge in [-0.05, 0) is 40.2 Å². The second kappa shape index (κ2) is 4.61. The van der Waals surface area contributed by atoms with Crippen LogP contribution in [0.4, 0.5) is 4.79 Å². The summed E-state index contributed by atoms with van der Waals surface area (Å²) >= 11 is 0. The molecule has 1 atom stereocenters. The molecule has 0 aromatic rings. The third-order valence-corrected chi connectivity index (χ3v) is 2.00. The molecular weight excluding hydrogens is 196 g/mol. The van der Waals surface area contributed by atoms with Gasteiger partial charge in [-0.3, -0.25) is 10.1 Å². The van der Waals surface area contributed by atoms with Crippen molar-refractivity contribution in [3.63, 3.8) is 0 Å². The second-order valence-corrected chi connectivity index (χ2v) is 4.64. The zero-order chi connectivity index (χ0) is 11.5. The monoisotopic (exact) mass is 214 g/mol. The summed E-state index contributed by atoms with van der Waals surface area (Å²) in [6.07, 6.45) is 1.06. The Bertz CT molecular complexity index is 252. The summed E-state index contributed by atoms with van der Waals surface area (Å²) in [6.45, 7) is 6.09. The normalized spacial score (nSPS) is 21.1. The first kappa shape index (κ1) is 12.0. The molecule has 0 aliphatic carbocycles. The summed E-state index contributed by atoms with van der Waals surface area (Å²) in [6, 6.07) is -0.252. The van der Waals surface area contributed by atoms with Crippen molar-refractivity contribution in [2.45, 2.75) is 45.3 Å². The minimum Gasteiger partial charge on any atom is -0.444 e. The Balaban J connectivity index is 2.34. The maximum Gasteiger partial charge on any atom is 0.414 e. The van der Waals surface area contributed by atoms with Crippen LogP contribution in [0.15, 0.2) is 0 Å². The molecule has 1 saturated heterocycles. The Hall–Kier alpha value is -1.10. The van der Waals surface area contributed by atoms with E-state index in [0.717, 1.165) is 19.4 Å². The van der Waals surface area contributed by atoms with Crippen LogP contribution in [0.3, 0.4) is 0 Å². The predicted molar refractivity (Wildman–Crippen MR) is 55.4 cm³/mol. The summed E-state index contributed by atoms with van der Waals surface area (Å²) in [5, 5.41) is 5.22. The number of alkyl carbamates (subject to hydrolysis) is 1. The summed E-state index contributed by atoms with van der Waals surface area (Å²) in [5.41, 5.74) is -0.576. The molecule has 0 spiro atoms. The van der Waals surface area contributed by atoms with Crippen LogP contribution in [-0.2, 0) is 9.53 Å². The van der Waals surface area contributed by atoms with E-state index >= 15 is 0 Å². The first-order chi connectivity index (χ1) is 6.88. The first-order valence-electron chi connectivity index (χ1n) is 5.16. The molecule has 0 aromatic carbocycles. The number of hydrogen-bond acceptors (Lipinski definition) is 4. The van der Waals surface area contributed by atoms with Crippen LogP contribution < -0.4 is 10.6 Å². The van der Waals surface area contributed by atoms with E-state index in [1.54, 1.807) is 20.8 Å². The number of ether oxygens (including phenoxy) is 1. The van der Waals surface area contributed by atoms with Crippen molar-refractivity contribution in [2.24, 2.45) is 0 Å². The third-order valence-electron chi connectivity index (χ3n) is 2.00. The van der Waals surface area contributed by atoms with Crippen molar-refractivity contribution in [3.8, 4) is 0 Å². The number of hydrogen-bond donors (Lipinski definition) is 2. The van der Waals surface area contributed by atoms with Gasteiger partial charge in [0.05, 0.1) is 6.04 Å². The van der Waals surface area contributed by atoms with Crippen LogP contribution in [0, 0.1) is 0 Å². The zero-order valence-electron chi connectivity index (χ0n) is 9.42. The van der Waals surface area contributed by atoms with E-state index < -0.39 is 11.7 Å². The van der Waals surface area contributed by atoms with Gasteiger partial charge in [0, 0.05) is 0 Å². The average Bonchev–Trinajstić information content (AvgIpc) is 2.50. The summed E-state index contributed by atoms with van der Waals surface area (Å²) in [5.74, 6) is -0.304. The molecule has 2 amide bonds. The molecule has 5 nitrogen and oxygen atoms in total. The molecule has 0 saturated carbocycles. The standard InChI is InChI=1S/C10H18N2O3/c1-10(2,3)15-9(14)12-8(13)7-5-4-6-11-7/h7,11H,4-6H2,1-3H3,(H,12,13,14). The summed E-state index contributed by atoms with van der Waals surface area (Å²) in [7, 11) is 0. The molecule has 0 bridgehead atoms. The van der Waals surface area contributed by atoms with E-state index in [1.807, 2.05) is 0 Å². The van der Waals surface area contributed by atoms with E-state index in [9.17, 15) is 9.59 Å². The van der Waals surface area contributed by atoms with Gasteiger partial charge in [0.1, 0.15) is 5.60 Å². The number of rotatable bonds is 1. The number of carbonyl (C=O) groups is 2. The predicted octanol–water partition coefficient (Wildman–Crippen LogP) is 0.790. The van der Waals surface area contributed by atoms with Crippen molar-refractivity contribution in [1.29, 1.82) is 0 Å². The fourth-order valence-electron chi connectivity index (χ4n) is 1.40. The van der Waals surface area contributed by atoms with Crippen molar-refractivity contribution in [3.05, 3.63) is 0 Å². The van der Waals surface area contributed by atoms with Gasteiger partial charge in [0.25, 0.3) is 0 Å². The highest BCUT2D eigenvalue weighted by molar-refractivity contribution is 5.95. The summed E-state index contributed by atoms with van der Waals surface area (Å²) < 4.78 is 4.97. The summed E-state index contributed by atoms with van der Waals surface area (Å²) in [4.78, 5) is 22.7. The highest BCUT2D eigenvalue weighted by Crippen LogP contribution is 2.08. The van der Waals surface area contributed by atoms with Crippen LogP contribution in [0.2, 0.25) is 0 Å².